The van der Waals surface area contributed by atoms with Crippen LogP contribution in [0.2, 0.25) is 0 Å². The van der Waals surface area contributed by atoms with Crippen molar-refractivity contribution in [2.75, 3.05) is 49.6 Å². The van der Waals surface area contributed by atoms with E-state index in [0.29, 0.717) is 43.4 Å². The van der Waals surface area contributed by atoms with E-state index in [4.69, 9.17) is 9.47 Å². The van der Waals surface area contributed by atoms with Crippen molar-refractivity contribution in [3.63, 3.8) is 0 Å². The number of amides is 2. The molecule has 2 aliphatic rings. The van der Waals surface area contributed by atoms with E-state index in [0.717, 1.165) is 12.1 Å². The molecule has 1 fully saturated rings. The van der Waals surface area contributed by atoms with Crippen LogP contribution in [0.4, 0.5) is 24.5 Å². The molecule has 11 heteroatoms. The maximum absolute atomic E-state index is 12.9. The number of ether oxygens (including phenoxy) is 3. The number of hydrogen-bond acceptors (Lipinski definition) is 6. The first kappa shape index (κ1) is 22.7. The van der Waals surface area contributed by atoms with Gasteiger partial charge in [-0.25, -0.2) is 0 Å². The number of alkyl halides is 3. The smallest absolute Gasteiger partial charge is 0.477 e. The third kappa shape index (κ3) is 5.86. The van der Waals surface area contributed by atoms with Crippen LogP contribution in [-0.4, -0.2) is 68.6 Å². The number of hydrogen-bond donors (Lipinski definition) is 1. The molecule has 1 N–H and O–H groups in total. The predicted molar refractivity (Wildman–Crippen MR) is 112 cm³/mol. The topological polar surface area (TPSA) is 80.3 Å². The highest BCUT2D eigenvalue weighted by Crippen LogP contribution is 2.33. The molecule has 33 heavy (non-hydrogen) atoms. The SMILES string of the molecule is O=C(CN1C[C@@H](C(=O)N2CCOCC2)Oc2ccccc21)Nc1ccc(OC(F)(F)F)cc1. The molecule has 4 rings (SSSR count). The van der Waals surface area contributed by atoms with E-state index in [1.54, 1.807) is 34.1 Å². The zero-order valence-electron chi connectivity index (χ0n) is 17.5. The van der Waals surface area contributed by atoms with Gasteiger partial charge in [0.05, 0.1) is 32.0 Å². The summed E-state index contributed by atoms with van der Waals surface area (Å²) in [4.78, 5) is 29.0. The molecule has 0 unspecified atom stereocenters. The van der Waals surface area contributed by atoms with Crippen molar-refractivity contribution in [1.82, 2.24) is 4.90 Å². The van der Waals surface area contributed by atoms with Crippen molar-refractivity contribution in [2.45, 2.75) is 12.5 Å². The molecule has 0 aromatic heterocycles. The van der Waals surface area contributed by atoms with Gasteiger partial charge in [0.15, 0.2) is 6.10 Å². The lowest BCUT2D eigenvalue weighted by Gasteiger charge is -2.38. The Kier molecular flexibility index (Phi) is 6.59. The first-order valence-corrected chi connectivity index (χ1v) is 10.3. The fourth-order valence-electron chi connectivity index (χ4n) is 3.69. The zero-order valence-corrected chi connectivity index (χ0v) is 17.5. The van der Waals surface area contributed by atoms with Crippen LogP contribution in [0, 0.1) is 0 Å². The molecule has 2 heterocycles. The summed E-state index contributed by atoms with van der Waals surface area (Å²) >= 11 is 0. The monoisotopic (exact) mass is 465 g/mol. The van der Waals surface area contributed by atoms with Gasteiger partial charge in [0.25, 0.3) is 5.91 Å². The minimum Gasteiger partial charge on any atom is -0.477 e. The lowest BCUT2D eigenvalue weighted by molar-refractivity contribution is -0.274. The lowest BCUT2D eigenvalue weighted by Crippen LogP contribution is -2.53. The average molecular weight is 465 g/mol. The van der Waals surface area contributed by atoms with Crippen molar-refractivity contribution in [3.05, 3.63) is 48.5 Å². The summed E-state index contributed by atoms with van der Waals surface area (Å²) in [5.74, 6) is -0.448. The highest BCUT2D eigenvalue weighted by Gasteiger charge is 2.35. The predicted octanol–water partition coefficient (Wildman–Crippen LogP) is 2.65. The molecule has 0 saturated carbocycles. The third-order valence-electron chi connectivity index (χ3n) is 5.17. The Morgan fingerprint density at radius 2 is 1.76 bits per heavy atom. The number of benzene rings is 2. The number of para-hydroxylation sites is 2. The maximum atomic E-state index is 12.9. The van der Waals surface area contributed by atoms with E-state index >= 15 is 0 Å². The Morgan fingerprint density at radius 1 is 1.06 bits per heavy atom. The number of rotatable bonds is 5. The van der Waals surface area contributed by atoms with Gasteiger partial charge in [-0.2, -0.15) is 0 Å². The lowest BCUT2D eigenvalue weighted by atomic mass is 10.1. The van der Waals surface area contributed by atoms with Crippen LogP contribution in [-0.2, 0) is 14.3 Å². The fourth-order valence-corrected chi connectivity index (χ4v) is 3.69. The summed E-state index contributed by atoms with van der Waals surface area (Å²) in [5, 5.41) is 2.65. The van der Waals surface area contributed by atoms with Crippen molar-refractivity contribution in [1.29, 1.82) is 0 Å². The van der Waals surface area contributed by atoms with Gasteiger partial charge < -0.3 is 29.3 Å². The highest BCUT2D eigenvalue weighted by atomic mass is 19.4. The number of halogens is 3. The van der Waals surface area contributed by atoms with Gasteiger partial charge in [-0.3, -0.25) is 9.59 Å². The molecule has 0 spiro atoms. The van der Waals surface area contributed by atoms with E-state index in [9.17, 15) is 22.8 Å². The van der Waals surface area contributed by atoms with Crippen molar-refractivity contribution in [2.24, 2.45) is 0 Å². The summed E-state index contributed by atoms with van der Waals surface area (Å²) < 4.78 is 51.9. The number of carbonyl (C=O) groups excluding carboxylic acids is 2. The maximum Gasteiger partial charge on any atom is 0.573 e. The first-order valence-electron chi connectivity index (χ1n) is 10.3. The summed E-state index contributed by atoms with van der Waals surface area (Å²) in [6.07, 6.45) is -5.56. The van der Waals surface area contributed by atoms with Gasteiger partial charge in [0.1, 0.15) is 11.5 Å². The van der Waals surface area contributed by atoms with Crippen molar-refractivity contribution >= 4 is 23.2 Å². The van der Waals surface area contributed by atoms with Crippen LogP contribution in [0.3, 0.4) is 0 Å². The number of nitrogens with zero attached hydrogens (tertiary/aromatic N) is 2. The summed E-state index contributed by atoms with van der Waals surface area (Å²) in [5.41, 5.74) is 0.990. The molecule has 2 aromatic rings. The molecule has 176 valence electrons. The van der Waals surface area contributed by atoms with E-state index in [2.05, 4.69) is 10.1 Å². The van der Waals surface area contributed by atoms with Crippen LogP contribution in [0.15, 0.2) is 48.5 Å². The molecular weight excluding hydrogens is 443 g/mol. The third-order valence-corrected chi connectivity index (χ3v) is 5.17. The number of nitrogens with one attached hydrogen (secondary N) is 1. The normalized spacial score (nSPS) is 18.2. The van der Waals surface area contributed by atoms with Crippen molar-refractivity contribution < 1.29 is 37.0 Å². The number of fused-ring (bicyclic) bond motifs is 1. The molecule has 1 atom stereocenters. The second-order valence-corrected chi connectivity index (χ2v) is 7.51. The van der Waals surface area contributed by atoms with Gasteiger partial charge >= 0.3 is 6.36 Å². The quantitative estimate of drug-likeness (QED) is 0.732. The molecule has 0 aliphatic carbocycles. The minimum atomic E-state index is -4.79. The second-order valence-electron chi connectivity index (χ2n) is 7.51. The van der Waals surface area contributed by atoms with Gasteiger partial charge in [-0.05, 0) is 36.4 Å². The Labute approximate surface area is 187 Å². The molecule has 2 amide bonds. The Hall–Kier alpha value is -3.47. The number of morpholine rings is 1. The molecule has 0 radical (unpaired) electrons. The average Bonchev–Trinajstić information content (AvgIpc) is 2.79. The second kappa shape index (κ2) is 9.57. The van der Waals surface area contributed by atoms with Gasteiger partial charge in [-0.1, -0.05) is 12.1 Å². The largest absolute Gasteiger partial charge is 0.573 e. The van der Waals surface area contributed by atoms with E-state index in [-0.39, 0.29) is 24.7 Å². The van der Waals surface area contributed by atoms with Crippen LogP contribution >= 0.6 is 0 Å². The molecule has 1 saturated heterocycles. The van der Waals surface area contributed by atoms with Gasteiger partial charge in [-0.15, -0.1) is 13.2 Å². The molecule has 0 bridgehead atoms. The van der Waals surface area contributed by atoms with Crippen LogP contribution < -0.4 is 19.7 Å². The first-order chi connectivity index (χ1) is 15.8. The summed E-state index contributed by atoms with van der Waals surface area (Å²) in [6.45, 7) is 2.00. The Balaban J connectivity index is 1.42. The molecule has 2 aromatic carbocycles. The Bertz CT molecular complexity index is 994. The van der Waals surface area contributed by atoms with E-state index in [1.165, 1.54) is 12.1 Å². The van der Waals surface area contributed by atoms with Gasteiger partial charge in [0.2, 0.25) is 5.91 Å². The van der Waals surface area contributed by atoms with Gasteiger partial charge in [0, 0.05) is 18.8 Å². The molecule has 8 nitrogen and oxygen atoms in total. The van der Waals surface area contributed by atoms with Crippen molar-refractivity contribution in [3.8, 4) is 11.5 Å². The van der Waals surface area contributed by atoms with E-state index < -0.39 is 18.4 Å². The molecular formula is C22H22F3N3O5. The number of carbonyl (C=O) groups is 2. The van der Waals surface area contributed by atoms with Crippen LogP contribution in [0.25, 0.3) is 0 Å². The van der Waals surface area contributed by atoms with E-state index in [1.807, 2.05) is 0 Å². The number of anilines is 2. The Morgan fingerprint density at radius 3 is 2.45 bits per heavy atom. The highest BCUT2D eigenvalue weighted by molar-refractivity contribution is 5.95. The van der Waals surface area contributed by atoms with Crippen LogP contribution in [0.1, 0.15) is 0 Å². The van der Waals surface area contributed by atoms with Crippen LogP contribution in [0.5, 0.6) is 11.5 Å². The summed E-state index contributed by atoms with van der Waals surface area (Å²) in [6, 6.07) is 12.0. The minimum absolute atomic E-state index is 0.0753. The fraction of sp³-hybridized carbons (Fsp3) is 0.364. The summed E-state index contributed by atoms with van der Waals surface area (Å²) in [7, 11) is 0. The molecule has 2 aliphatic heterocycles. The zero-order chi connectivity index (χ0) is 23.4. The standard InChI is InChI=1S/C22H22F3N3O5/c23-22(24,25)33-16-7-5-15(6-8-16)26-20(29)14-28-13-19(21(30)27-9-11-31-12-10-27)32-18-4-2-1-3-17(18)28/h1-8,19H,9-14H2,(H,26,29)/t19-/m0/s1.